The minimum Gasteiger partial charge on any atom is -0.337 e. The molecule has 27 heavy (non-hydrogen) atoms. The van der Waals surface area contributed by atoms with Crippen molar-refractivity contribution >= 4 is 17.2 Å². The van der Waals surface area contributed by atoms with E-state index in [1.165, 1.54) is 12.3 Å². The van der Waals surface area contributed by atoms with Crippen molar-refractivity contribution in [2.45, 2.75) is 25.7 Å². The van der Waals surface area contributed by atoms with Crippen LogP contribution in [0.2, 0.25) is 0 Å². The van der Waals surface area contributed by atoms with Crippen LogP contribution in [0.5, 0.6) is 0 Å². The molecule has 1 amide bonds. The van der Waals surface area contributed by atoms with E-state index in [9.17, 15) is 9.59 Å². The summed E-state index contributed by atoms with van der Waals surface area (Å²) in [7, 11) is 0. The molecule has 138 valence electrons. The maximum atomic E-state index is 12.6. The lowest BCUT2D eigenvalue weighted by molar-refractivity contribution is 0.0704. The van der Waals surface area contributed by atoms with Gasteiger partial charge in [-0.25, -0.2) is 9.97 Å². The number of likely N-dealkylation sites (tertiary alicyclic amines) is 1. The molecule has 1 N–H and O–H groups in total. The highest BCUT2D eigenvalue weighted by molar-refractivity contribution is 7.08. The van der Waals surface area contributed by atoms with Crippen LogP contribution >= 0.6 is 11.3 Å². The first kappa shape index (κ1) is 17.5. The zero-order chi connectivity index (χ0) is 18.8. The van der Waals surface area contributed by atoms with E-state index in [1.807, 2.05) is 23.8 Å². The highest BCUT2D eigenvalue weighted by Gasteiger charge is 2.27. The van der Waals surface area contributed by atoms with Crippen LogP contribution in [0.25, 0.3) is 11.3 Å². The number of H-pyrrole nitrogens is 1. The second-order valence-corrected chi connectivity index (χ2v) is 7.42. The number of hydrogen-bond acceptors (Lipinski definition) is 6. The molecule has 0 atom stereocenters. The number of amides is 1. The largest absolute Gasteiger partial charge is 0.337 e. The minimum atomic E-state index is -0.144. The van der Waals surface area contributed by atoms with Crippen LogP contribution < -0.4 is 5.56 Å². The molecule has 0 radical (unpaired) electrons. The van der Waals surface area contributed by atoms with Gasteiger partial charge in [-0.05, 0) is 31.2 Å². The normalized spacial score (nSPS) is 15.1. The average molecular weight is 381 g/mol. The number of aromatic nitrogens is 4. The van der Waals surface area contributed by atoms with Gasteiger partial charge in [0.25, 0.3) is 11.5 Å². The van der Waals surface area contributed by atoms with Gasteiger partial charge in [0.15, 0.2) is 0 Å². The Balaban J connectivity index is 1.47. The van der Waals surface area contributed by atoms with E-state index in [0.717, 1.165) is 24.1 Å². The summed E-state index contributed by atoms with van der Waals surface area (Å²) in [6, 6.07) is 3.49. The Labute approximate surface area is 160 Å². The zero-order valence-electron chi connectivity index (χ0n) is 14.9. The number of nitrogens with one attached hydrogen (secondary N) is 1. The van der Waals surface area contributed by atoms with Crippen molar-refractivity contribution in [2.75, 3.05) is 13.1 Å². The third kappa shape index (κ3) is 3.80. The van der Waals surface area contributed by atoms with E-state index in [1.54, 1.807) is 22.4 Å². The smallest absolute Gasteiger partial charge is 0.274 e. The molecule has 8 heteroatoms. The summed E-state index contributed by atoms with van der Waals surface area (Å²) >= 11 is 1.58. The predicted molar refractivity (Wildman–Crippen MR) is 103 cm³/mol. The quantitative estimate of drug-likeness (QED) is 0.753. The fourth-order valence-electron chi connectivity index (χ4n) is 3.25. The molecule has 0 aliphatic carbocycles. The number of carbonyl (C=O) groups is 1. The average Bonchev–Trinajstić information content (AvgIpc) is 3.23. The third-order valence-corrected chi connectivity index (χ3v) is 5.43. The number of carbonyl (C=O) groups excluding carboxylic acids is 1. The molecule has 4 rings (SSSR count). The summed E-state index contributed by atoms with van der Waals surface area (Å²) in [6.45, 7) is 3.04. The van der Waals surface area contributed by atoms with Gasteiger partial charge in [-0.3, -0.25) is 14.6 Å². The molecule has 0 unspecified atom stereocenters. The molecule has 0 saturated carbocycles. The third-order valence-electron chi connectivity index (χ3n) is 4.75. The molecule has 1 fully saturated rings. The van der Waals surface area contributed by atoms with Gasteiger partial charge < -0.3 is 9.88 Å². The number of rotatable bonds is 3. The molecule has 1 aliphatic heterocycles. The first-order chi connectivity index (χ1) is 13.1. The molecule has 0 bridgehead atoms. The fraction of sp³-hybridized carbons (Fsp3) is 0.316. The van der Waals surface area contributed by atoms with E-state index in [-0.39, 0.29) is 17.4 Å². The van der Waals surface area contributed by atoms with Crippen LogP contribution in [0, 0.1) is 6.92 Å². The van der Waals surface area contributed by atoms with Crippen LogP contribution in [0.4, 0.5) is 0 Å². The monoisotopic (exact) mass is 381 g/mol. The van der Waals surface area contributed by atoms with Crippen molar-refractivity contribution in [2.24, 2.45) is 0 Å². The summed E-state index contributed by atoms with van der Waals surface area (Å²) in [4.78, 5) is 42.3. The summed E-state index contributed by atoms with van der Waals surface area (Å²) in [5, 5.41) is 3.95. The lowest BCUT2D eigenvalue weighted by Crippen LogP contribution is -2.39. The van der Waals surface area contributed by atoms with Crippen molar-refractivity contribution in [3.05, 3.63) is 62.9 Å². The molecule has 1 aliphatic rings. The molecule has 0 spiro atoms. The molecular weight excluding hydrogens is 362 g/mol. The van der Waals surface area contributed by atoms with Crippen molar-refractivity contribution in [3.63, 3.8) is 0 Å². The summed E-state index contributed by atoms with van der Waals surface area (Å²) in [5.41, 5.74) is 2.66. The SMILES string of the molecule is Cc1cnc(C(=O)N2CCC(c3nc(-c4ccsc4)cc(=O)[nH]3)CC2)cn1. The summed E-state index contributed by atoms with van der Waals surface area (Å²) in [5.74, 6) is 0.727. The minimum absolute atomic E-state index is 0.102. The van der Waals surface area contributed by atoms with E-state index in [4.69, 9.17) is 0 Å². The van der Waals surface area contributed by atoms with Gasteiger partial charge in [-0.2, -0.15) is 11.3 Å². The van der Waals surface area contributed by atoms with E-state index in [0.29, 0.717) is 30.3 Å². The van der Waals surface area contributed by atoms with E-state index in [2.05, 4.69) is 19.9 Å². The van der Waals surface area contributed by atoms with Crippen molar-refractivity contribution in [1.82, 2.24) is 24.8 Å². The van der Waals surface area contributed by atoms with Crippen molar-refractivity contribution in [3.8, 4) is 11.3 Å². The van der Waals surface area contributed by atoms with Crippen LogP contribution in [0.3, 0.4) is 0 Å². The number of hydrogen-bond donors (Lipinski definition) is 1. The van der Waals surface area contributed by atoms with Gasteiger partial charge >= 0.3 is 0 Å². The molecule has 0 aromatic carbocycles. The number of nitrogens with zero attached hydrogens (tertiary/aromatic N) is 4. The van der Waals surface area contributed by atoms with Gasteiger partial charge in [0.1, 0.15) is 11.5 Å². The molecule has 7 nitrogen and oxygen atoms in total. The van der Waals surface area contributed by atoms with Gasteiger partial charge in [0, 0.05) is 42.2 Å². The van der Waals surface area contributed by atoms with Crippen molar-refractivity contribution in [1.29, 1.82) is 0 Å². The number of aromatic amines is 1. The molecule has 1 saturated heterocycles. The van der Waals surface area contributed by atoms with Crippen molar-refractivity contribution < 1.29 is 4.79 Å². The molecule has 4 heterocycles. The standard InChI is InChI=1S/C19H19N5O2S/c1-12-9-21-16(10-20-12)19(26)24-5-2-13(3-6-24)18-22-15(8-17(25)23-18)14-4-7-27-11-14/h4,7-11,13H,2-3,5-6H2,1H3,(H,22,23,25). The van der Waals surface area contributed by atoms with Crippen LogP contribution in [0.1, 0.15) is 40.8 Å². The first-order valence-corrected chi connectivity index (χ1v) is 9.76. The lowest BCUT2D eigenvalue weighted by atomic mass is 9.95. The lowest BCUT2D eigenvalue weighted by Gasteiger charge is -2.31. The van der Waals surface area contributed by atoms with Crippen LogP contribution in [-0.4, -0.2) is 43.8 Å². The number of thiophene rings is 1. The van der Waals surface area contributed by atoms with Gasteiger partial charge in [-0.15, -0.1) is 0 Å². The molecular formula is C19H19N5O2S. The Bertz CT molecular complexity index is 990. The summed E-state index contributed by atoms with van der Waals surface area (Å²) in [6.07, 6.45) is 4.62. The Hall–Kier alpha value is -2.87. The first-order valence-electron chi connectivity index (χ1n) is 8.82. The number of piperidine rings is 1. The Morgan fingerprint density at radius 2 is 2.07 bits per heavy atom. The second kappa shape index (κ2) is 7.40. The molecule has 3 aromatic heterocycles. The Kier molecular flexibility index (Phi) is 4.81. The van der Waals surface area contributed by atoms with Gasteiger partial charge in [0.2, 0.25) is 0 Å². The zero-order valence-corrected chi connectivity index (χ0v) is 15.7. The highest BCUT2D eigenvalue weighted by atomic mass is 32.1. The van der Waals surface area contributed by atoms with Gasteiger partial charge in [-0.1, -0.05) is 0 Å². The van der Waals surface area contributed by atoms with E-state index < -0.39 is 0 Å². The maximum absolute atomic E-state index is 12.6. The predicted octanol–water partition coefficient (Wildman–Crippen LogP) is 2.62. The Morgan fingerprint density at radius 3 is 2.74 bits per heavy atom. The van der Waals surface area contributed by atoms with Crippen LogP contribution in [-0.2, 0) is 0 Å². The number of aryl methyl sites for hydroxylation is 1. The Morgan fingerprint density at radius 1 is 1.26 bits per heavy atom. The molecule has 3 aromatic rings. The second-order valence-electron chi connectivity index (χ2n) is 6.64. The summed E-state index contributed by atoms with van der Waals surface area (Å²) < 4.78 is 0. The topological polar surface area (TPSA) is 91.8 Å². The maximum Gasteiger partial charge on any atom is 0.274 e. The fourth-order valence-corrected chi connectivity index (χ4v) is 3.90. The highest BCUT2D eigenvalue weighted by Crippen LogP contribution is 2.27. The van der Waals surface area contributed by atoms with Crippen LogP contribution in [0.15, 0.2) is 40.1 Å². The van der Waals surface area contributed by atoms with Gasteiger partial charge in [0.05, 0.1) is 17.6 Å². The van der Waals surface area contributed by atoms with E-state index >= 15 is 0 Å².